The Balaban J connectivity index is 2.21. The summed E-state index contributed by atoms with van der Waals surface area (Å²) >= 11 is 0. The second kappa shape index (κ2) is 5.25. The predicted octanol–water partition coefficient (Wildman–Crippen LogP) is 2.43. The van der Waals surface area contributed by atoms with Crippen LogP contribution in [-0.4, -0.2) is 10.9 Å². The molecule has 0 aliphatic heterocycles. The Hall–Kier alpha value is -2.16. The number of fused-ring (bicyclic) bond motifs is 1. The fourth-order valence-electron chi connectivity index (χ4n) is 1.70. The Morgan fingerprint density at radius 1 is 1.35 bits per heavy atom. The Labute approximate surface area is 100 Å². The number of aromatic nitrogens is 1. The number of hydrogen-bond donors (Lipinski definition) is 1. The van der Waals surface area contributed by atoms with Crippen LogP contribution in [0.3, 0.4) is 0 Å². The lowest BCUT2D eigenvalue weighted by Crippen LogP contribution is -2.20. The zero-order valence-corrected chi connectivity index (χ0v) is 9.68. The highest BCUT2D eigenvalue weighted by atomic mass is 16.1. The van der Waals surface area contributed by atoms with Gasteiger partial charge < -0.3 is 5.32 Å². The minimum absolute atomic E-state index is 0.0829. The maximum absolute atomic E-state index is 11.3. The van der Waals surface area contributed by atoms with Crippen molar-refractivity contribution in [3.63, 3.8) is 0 Å². The van der Waals surface area contributed by atoms with Crippen molar-refractivity contribution < 1.29 is 4.79 Å². The van der Waals surface area contributed by atoms with E-state index in [2.05, 4.69) is 10.3 Å². The number of carbonyl (C=O) groups excluding carboxylic acids is 1. The van der Waals surface area contributed by atoms with Crippen LogP contribution < -0.4 is 5.32 Å². The molecule has 0 aliphatic carbocycles. The first-order valence-corrected chi connectivity index (χ1v) is 5.54. The third kappa shape index (κ3) is 2.69. The number of allylic oxidation sites excluding steroid dienone is 1. The Bertz CT molecular complexity index is 556. The first kappa shape index (κ1) is 11.3. The SMILES string of the molecule is C/C=C/C(=O)NCc1cccc2cccnc12. The van der Waals surface area contributed by atoms with Gasteiger partial charge in [-0.05, 0) is 24.6 Å². The monoisotopic (exact) mass is 226 g/mol. The standard InChI is InChI=1S/C14H14N2O/c1-2-5-13(17)16-10-12-7-3-6-11-8-4-9-15-14(11)12/h2-9H,10H2,1H3,(H,16,17)/b5-2+. The van der Waals surface area contributed by atoms with Gasteiger partial charge in [-0.1, -0.05) is 30.3 Å². The van der Waals surface area contributed by atoms with Crippen molar-refractivity contribution in [2.45, 2.75) is 13.5 Å². The summed E-state index contributed by atoms with van der Waals surface area (Å²) in [7, 11) is 0. The molecule has 0 bridgehead atoms. The molecule has 0 atom stereocenters. The number of benzene rings is 1. The smallest absolute Gasteiger partial charge is 0.243 e. The van der Waals surface area contributed by atoms with Gasteiger partial charge in [0, 0.05) is 18.1 Å². The molecule has 0 radical (unpaired) electrons. The molecule has 1 heterocycles. The summed E-state index contributed by atoms with van der Waals surface area (Å²) in [5.74, 6) is -0.0829. The minimum Gasteiger partial charge on any atom is -0.348 e. The van der Waals surface area contributed by atoms with Crippen LogP contribution in [0.4, 0.5) is 0 Å². The number of rotatable bonds is 3. The molecule has 0 fully saturated rings. The number of carbonyl (C=O) groups is 1. The van der Waals surface area contributed by atoms with E-state index >= 15 is 0 Å². The summed E-state index contributed by atoms with van der Waals surface area (Å²) in [5, 5.41) is 3.91. The number of amides is 1. The Morgan fingerprint density at radius 2 is 2.18 bits per heavy atom. The van der Waals surface area contributed by atoms with Crippen LogP contribution in [0.2, 0.25) is 0 Å². The maximum Gasteiger partial charge on any atom is 0.243 e. The lowest BCUT2D eigenvalue weighted by molar-refractivity contribution is -0.116. The van der Waals surface area contributed by atoms with E-state index in [1.807, 2.05) is 37.3 Å². The van der Waals surface area contributed by atoms with Gasteiger partial charge in [-0.2, -0.15) is 0 Å². The van der Waals surface area contributed by atoms with E-state index < -0.39 is 0 Å². The van der Waals surface area contributed by atoms with E-state index in [4.69, 9.17) is 0 Å². The summed E-state index contributed by atoms with van der Waals surface area (Å²) in [5.41, 5.74) is 1.97. The maximum atomic E-state index is 11.3. The van der Waals surface area contributed by atoms with E-state index in [-0.39, 0.29) is 5.91 Å². The largest absolute Gasteiger partial charge is 0.348 e. The molecule has 17 heavy (non-hydrogen) atoms. The lowest BCUT2D eigenvalue weighted by atomic mass is 10.1. The zero-order chi connectivity index (χ0) is 12.1. The summed E-state index contributed by atoms with van der Waals surface area (Å²) in [6.45, 7) is 2.32. The first-order valence-electron chi connectivity index (χ1n) is 5.54. The summed E-state index contributed by atoms with van der Waals surface area (Å²) in [6, 6.07) is 9.89. The fraction of sp³-hybridized carbons (Fsp3) is 0.143. The van der Waals surface area contributed by atoms with Gasteiger partial charge in [0.15, 0.2) is 0 Å². The summed E-state index contributed by atoms with van der Waals surface area (Å²) in [4.78, 5) is 15.7. The van der Waals surface area contributed by atoms with Crippen molar-refractivity contribution in [3.8, 4) is 0 Å². The molecular weight excluding hydrogens is 212 g/mol. The van der Waals surface area contributed by atoms with Gasteiger partial charge in [0.2, 0.25) is 5.91 Å². The van der Waals surface area contributed by atoms with Crippen LogP contribution in [0.15, 0.2) is 48.7 Å². The van der Waals surface area contributed by atoms with Gasteiger partial charge in [0.1, 0.15) is 0 Å². The molecule has 1 amide bonds. The Morgan fingerprint density at radius 3 is 3.00 bits per heavy atom. The molecule has 3 heteroatoms. The van der Waals surface area contributed by atoms with E-state index in [9.17, 15) is 4.79 Å². The first-order chi connectivity index (χ1) is 8.31. The third-order valence-electron chi connectivity index (χ3n) is 2.49. The topological polar surface area (TPSA) is 42.0 Å². The van der Waals surface area contributed by atoms with Crippen LogP contribution in [0.25, 0.3) is 10.9 Å². The molecule has 0 saturated heterocycles. The summed E-state index contributed by atoms with van der Waals surface area (Å²) in [6.07, 6.45) is 4.99. The average Bonchev–Trinajstić information content (AvgIpc) is 2.36. The van der Waals surface area contributed by atoms with Crippen molar-refractivity contribution in [1.29, 1.82) is 0 Å². The summed E-state index contributed by atoms with van der Waals surface area (Å²) < 4.78 is 0. The van der Waals surface area contributed by atoms with E-state index in [1.165, 1.54) is 6.08 Å². The van der Waals surface area contributed by atoms with Gasteiger partial charge in [-0.25, -0.2) is 0 Å². The van der Waals surface area contributed by atoms with Crippen molar-refractivity contribution in [2.24, 2.45) is 0 Å². The number of para-hydroxylation sites is 1. The second-order valence-electron chi connectivity index (χ2n) is 3.71. The van der Waals surface area contributed by atoms with Crippen molar-refractivity contribution >= 4 is 16.8 Å². The molecule has 1 aromatic carbocycles. The molecule has 86 valence electrons. The molecule has 2 rings (SSSR count). The molecule has 0 aliphatic rings. The predicted molar refractivity (Wildman–Crippen MR) is 68.4 cm³/mol. The minimum atomic E-state index is -0.0829. The van der Waals surface area contributed by atoms with Crippen LogP contribution in [-0.2, 0) is 11.3 Å². The molecule has 0 spiro atoms. The molecular formula is C14H14N2O. The van der Waals surface area contributed by atoms with Gasteiger partial charge in [-0.15, -0.1) is 0 Å². The molecule has 1 N–H and O–H groups in total. The van der Waals surface area contributed by atoms with Crippen LogP contribution in [0.1, 0.15) is 12.5 Å². The molecule has 0 unspecified atom stereocenters. The van der Waals surface area contributed by atoms with Crippen molar-refractivity contribution in [3.05, 3.63) is 54.2 Å². The quantitative estimate of drug-likeness (QED) is 0.817. The van der Waals surface area contributed by atoms with E-state index in [1.54, 1.807) is 12.3 Å². The number of nitrogens with zero attached hydrogens (tertiary/aromatic N) is 1. The van der Waals surface area contributed by atoms with Crippen LogP contribution >= 0.6 is 0 Å². The fourth-order valence-corrected chi connectivity index (χ4v) is 1.70. The third-order valence-corrected chi connectivity index (χ3v) is 2.49. The zero-order valence-electron chi connectivity index (χ0n) is 9.68. The van der Waals surface area contributed by atoms with Crippen LogP contribution in [0, 0.1) is 0 Å². The second-order valence-corrected chi connectivity index (χ2v) is 3.71. The lowest BCUT2D eigenvalue weighted by Gasteiger charge is -2.05. The number of hydrogen-bond acceptors (Lipinski definition) is 2. The van der Waals surface area contributed by atoms with Gasteiger partial charge in [0.25, 0.3) is 0 Å². The number of pyridine rings is 1. The molecule has 2 aromatic rings. The Kier molecular flexibility index (Phi) is 3.50. The van der Waals surface area contributed by atoms with E-state index in [0.29, 0.717) is 6.54 Å². The van der Waals surface area contributed by atoms with Crippen molar-refractivity contribution in [2.75, 3.05) is 0 Å². The van der Waals surface area contributed by atoms with Gasteiger partial charge >= 0.3 is 0 Å². The molecule has 0 saturated carbocycles. The average molecular weight is 226 g/mol. The molecule has 3 nitrogen and oxygen atoms in total. The van der Waals surface area contributed by atoms with Crippen molar-refractivity contribution in [1.82, 2.24) is 10.3 Å². The molecule has 1 aromatic heterocycles. The van der Waals surface area contributed by atoms with E-state index in [0.717, 1.165) is 16.5 Å². The normalized spacial score (nSPS) is 10.9. The highest BCUT2D eigenvalue weighted by molar-refractivity contribution is 5.88. The number of nitrogens with one attached hydrogen (secondary N) is 1. The van der Waals surface area contributed by atoms with Crippen LogP contribution in [0.5, 0.6) is 0 Å². The van der Waals surface area contributed by atoms with Gasteiger partial charge in [0.05, 0.1) is 5.52 Å². The highest BCUT2D eigenvalue weighted by Crippen LogP contribution is 2.15. The van der Waals surface area contributed by atoms with Gasteiger partial charge in [-0.3, -0.25) is 9.78 Å². The highest BCUT2D eigenvalue weighted by Gasteiger charge is 2.02.